The number of benzene rings is 1. The van der Waals surface area contributed by atoms with Gasteiger partial charge >= 0.3 is 0 Å². The van der Waals surface area contributed by atoms with E-state index >= 15 is 0 Å². The van der Waals surface area contributed by atoms with E-state index in [0.717, 1.165) is 5.56 Å². The Bertz CT molecular complexity index is 383. The first kappa shape index (κ1) is 10.3. The van der Waals surface area contributed by atoms with Crippen molar-refractivity contribution in [1.29, 1.82) is 0 Å². The number of rotatable bonds is 3. The van der Waals surface area contributed by atoms with Crippen molar-refractivity contribution in [2.24, 2.45) is 0 Å². The van der Waals surface area contributed by atoms with E-state index in [0.29, 0.717) is 19.6 Å². The molecule has 0 saturated carbocycles. The van der Waals surface area contributed by atoms with Gasteiger partial charge < -0.3 is 4.74 Å². The Morgan fingerprint density at radius 3 is 2.73 bits per heavy atom. The molecule has 80 valence electrons. The summed E-state index contributed by atoms with van der Waals surface area (Å²) in [5.41, 5.74) is 0.581. The summed E-state index contributed by atoms with van der Waals surface area (Å²) in [6, 6.07) is 6.43. The molecule has 0 aliphatic carbocycles. The van der Waals surface area contributed by atoms with Gasteiger partial charge in [-0.05, 0) is 24.6 Å². The van der Waals surface area contributed by atoms with Crippen molar-refractivity contribution in [3.63, 3.8) is 0 Å². The van der Waals surface area contributed by atoms with Crippen LogP contribution in [-0.2, 0) is 14.9 Å². The summed E-state index contributed by atoms with van der Waals surface area (Å²) in [7, 11) is 0. The van der Waals surface area contributed by atoms with Crippen LogP contribution in [0.25, 0.3) is 0 Å². The fourth-order valence-electron chi connectivity index (χ4n) is 2.01. The molecule has 2 nitrogen and oxygen atoms in total. The van der Waals surface area contributed by atoms with E-state index in [1.54, 1.807) is 13.0 Å². The van der Waals surface area contributed by atoms with E-state index in [2.05, 4.69) is 0 Å². The van der Waals surface area contributed by atoms with E-state index in [1.165, 1.54) is 12.1 Å². The van der Waals surface area contributed by atoms with Gasteiger partial charge in [0.1, 0.15) is 11.6 Å². The van der Waals surface area contributed by atoms with Crippen LogP contribution < -0.4 is 0 Å². The molecular weight excluding hydrogens is 195 g/mol. The Kier molecular flexibility index (Phi) is 2.57. The highest BCUT2D eigenvalue weighted by Crippen LogP contribution is 2.36. The Morgan fingerprint density at radius 1 is 1.53 bits per heavy atom. The van der Waals surface area contributed by atoms with Crippen molar-refractivity contribution in [2.45, 2.75) is 18.8 Å². The quantitative estimate of drug-likeness (QED) is 0.760. The highest BCUT2D eigenvalue weighted by Gasteiger charge is 2.41. The lowest BCUT2D eigenvalue weighted by atomic mass is 9.75. The maximum Gasteiger partial charge on any atom is 0.130 e. The zero-order valence-corrected chi connectivity index (χ0v) is 8.63. The molecule has 1 fully saturated rings. The molecule has 1 aromatic carbocycles. The van der Waals surface area contributed by atoms with Crippen molar-refractivity contribution in [3.05, 3.63) is 35.6 Å². The van der Waals surface area contributed by atoms with Gasteiger partial charge in [0.2, 0.25) is 0 Å². The van der Waals surface area contributed by atoms with Crippen molar-refractivity contribution < 1.29 is 13.9 Å². The van der Waals surface area contributed by atoms with Crippen LogP contribution >= 0.6 is 0 Å². The fourth-order valence-corrected chi connectivity index (χ4v) is 2.01. The minimum atomic E-state index is -0.284. The van der Waals surface area contributed by atoms with E-state index < -0.39 is 0 Å². The van der Waals surface area contributed by atoms with Crippen LogP contribution in [0, 0.1) is 5.82 Å². The molecule has 0 amide bonds. The average Bonchev–Trinajstić information content (AvgIpc) is 2.11. The molecule has 0 atom stereocenters. The van der Waals surface area contributed by atoms with Crippen LogP contribution in [0.4, 0.5) is 4.39 Å². The summed E-state index contributed by atoms with van der Waals surface area (Å²) in [5, 5.41) is 0. The molecule has 0 unspecified atom stereocenters. The highest BCUT2D eigenvalue weighted by atomic mass is 19.1. The SMILES string of the molecule is CC(=O)CC1(c2cccc(F)c2)COC1. The lowest BCUT2D eigenvalue weighted by Crippen LogP contribution is -2.48. The van der Waals surface area contributed by atoms with Crippen molar-refractivity contribution in [2.75, 3.05) is 13.2 Å². The minimum Gasteiger partial charge on any atom is -0.379 e. The van der Waals surface area contributed by atoms with Crippen LogP contribution in [0.1, 0.15) is 18.9 Å². The summed E-state index contributed by atoms with van der Waals surface area (Å²) >= 11 is 0. The molecule has 3 heteroatoms. The van der Waals surface area contributed by atoms with Crippen molar-refractivity contribution >= 4 is 5.78 Å². The molecular formula is C12H13FO2. The number of hydrogen-bond acceptors (Lipinski definition) is 2. The fraction of sp³-hybridized carbons (Fsp3) is 0.417. The summed E-state index contributed by atoms with van der Waals surface area (Å²) in [6.07, 6.45) is 0.427. The molecule has 0 radical (unpaired) electrons. The standard InChI is InChI=1S/C12H13FO2/c1-9(14)6-12(7-15-8-12)10-3-2-4-11(13)5-10/h2-5H,6-8H2,1H3. The first-order chi connectivity index (χ1) is 7.12. The third-order valence-electron chi connectivity index (χ3n) is 2.78. The summed E-state index contributed by atoms with van der Waals surface area (Å²) < 4.78 is 18.2. The Balaban J connectivity index is 2.29. The number of ether oxygens (including phenoxy) is 1. The molecule has 1 aliphatic heterocycles. The maximum absolute atomic E-state index is 13.1. The largest absolute Gasteiger partial charge is 0.379 e. The van der Waals surface area contributed by atoms with Crippen LogP contribution in [0.5, 0.6) is 0 Å². The van der Waals surface area contributed by atoms with E-state index in [-0.39, 0.29) is 17.0 Å². The molecule has 15 heavy (non-hydrogen) atoms. The van der Waals surface area contributed by atoms with Crippen LogP contribution in [-0.4, -0.2) is 19.0 Å². The topological polar surface area (TPSA) is 26.3 Å². The first-order valence-corrected chi connectivity index (χ1v) is 4.96. The zero-order chi connectivity index (χ0) is 10.9. The van der Waals surface area contributed by atoms with Gasteiger partial charge in [-0.1, -0.05) is 12.1 Å². The molecule has 1 aliphatic rings. The molecule has 2 rings (SSSR count). The smallest absolute Gasteiger partial charge is 0.130 e. The molecule has 1 heterocycles. The molecule has 0 aromatic heterocycles. The monoisotopic (exact) mass is 208 g/mol. The maximum atomic E-state index is 13.1. The minimum absolute atomic E-state index is 0.113. The van der Waals surface area contributed by atoms with E-state index in [9.17, 15) is 9.18 Å². The molecule has 1 saturated heterocycles. The predicted octanol–water partition coefficient (Wildman–Crippen LogP) is 2.07. The number of Topliss-reactive ketones (excluding diaryl/α,β-unsaturated/α-hetero) is 1. The Hall–Kier alpha value is -1.22. The van der Waals surface area contributed by atoms with Gasteiger partial charge in [0.25, 0.3) is 0 Å². The predicted molar refractivity (Wildman–Crippen MR) is 54.2 cm³/mol. The van der Waals surface area contributed by atoms with Gasteiger partial charge in [0, 0.05) is 11.8 Å². The lowest BCUT2D eigenvalue weighted by Gasteiger charge is -2.41. The second-order valence-electron chi connectivity index (χ2n) is 4.16. The summed E-state index contributed by atoms with van der Waals surface area (Å²) in [4.78, 5) is 11.2. The normalized spacial score (nSPS) is 18.3. The van der Waals surface area contributed by atoms with Gasteiger partial charge in [-0.15, -0.1) is 0 Å². The zero-order valence-electron chi connectivity index (χ0n) is 8.63. The van der Waals surface area contributed by atoms with Crippen molar-refractivity contribution in [3.8, 4) is 0 Å². The van der Waals surface area contributed by atoms with Crippen LogP contribution in [0.2, 0.25) is 0 Å². The van der Waals surface area contributed by atoms with Gasteiger partial charge in [-0.2, -0.15) is 0 Å². The number of carbonyl (C=O) groups is 1. The van der Waals surface area contributed by atoms with Crippen molar-refractivity contribution in [1.82, 2.24) is 0 Å². The third-order valence-corrected chi connectivity index (χ3v) is 2.78. The van der Waals surface area contributed by atoms with Crippen LogP contribution in [0.15, 0.2) is 24.3 Å². The molecule has 1 aromatic rings. The number of halogens is 1. The molecule has 0 N–H and O–H groups in total. The highest BCUT2D eigenvalue weighted by molar-refractivity contribution is 5.77. The Labute approximate surface area is 88.1 Å². The number of ketones is 1. The molecule has 0 spiro atoms. The number of hydrogen-bond donors (Lipinski definition) is 0. The van der Waals surface area contributed by atoms with Gasteiger partial charge in [0.05, 0.1) is 13.2 Å². The lowest BCUT2D eigenvalue weighted by molar-refractivity contribution is -0.125. The van der Waals surface area contributed by atoms with Crippen LogP contribution in [0.3, 0.4) is 0 Å². The van der Waals surface area contributed by atoms with Gasteiger partial charge in [-0.3, -0.25) is 4.79 Å². The van der Waals surface area contributed by atoms with E-state index in [1.807, 2.05) is 6.07 Å². The second kappa shape index (κ2) is 3.74. The van der Waals surface area contributed by atoms with E-state index in [4.69, 9.17) is 4.74 Å². The average molecular weight is 208 g/mol. The first-order valence-electron chi connectivity index (χ1n) is 4.96. The summed E-state index contributed by atoms with van der Waals surface area (Å²) in [5.74, 6) is -0.148. The summed E-state index contributed by atoms with van der Waals surface area (Å²) in [6.45, 7) is 2.57. The molecule has 0 bridgehead atoms. The number of carbonyl (C=O) groups excluding carboxylic acids is 1. The van der Waals surface area contributed by atoms with Gasteiger partial charge in [0.15, 0.2) is 0 Å². The third kappa shape index (κ3) is 1.92. The Morgan fingerprint density at radius 2 is 2.27 bits per heavy atom. The second-order valence-corrected chi connectivity index (χ2v) is 4.16. The van der Waals surface area contributed by atoms with Gasteiger partial charge in [-0.25, -0.2) is 4.39 Å².